The monoisotopic (exact) mass is 388 g/mol. The first-order chi connectivity index (χ1) is 12.6. The van der Waals surface area contributed by atoms with Crippen molar-refractivity contribution in [3.63, 3.8) is 0 Å². The zero-order valence-corrected chi connectivity index (χ0v) is 16.6. The number of aromatic nitrogens is 4. The van der Waals surface area contributed by atoms with E-state index < -0.39 is 11.7 Å². The highest BCUT2D eigenvalue weighted by Crippen LogP contribution is 2.27. The Labute approximate surface area is 162 Å². The van der Waals surface area contributed by atoms with Crippen molar-refractivity contribution < 1.29 is 9.53 Å². The van der Waals surface area contributed by atoms with E-state index in [1.165, 1.54) is 0 Å². The second-order valence-corrected chi connectivity index (χ2v) is 7.38. The van der Waals surface area contributed by atoms with E-state index in [-0.39, 0.29) is 5.28 Å². The van der Waals surface area contributed by atoms with Gasteiger partial charge in [0.25, 0.3) is 0 Å². The maximum Gasteiger partial charge on any atom is 0.414 e. The number of carbonyl (C=O) groups excluding carboxylic acids is 1. The van der Waals surface area contributed by atoms with E-state index in [4.69, 9.17) is 16.3 Å². The van der Waals surface area contributed by atoms with E-state index in [1.807, 2.05) is 58.0 Å². The lowest BCUT2D eigenvalue weighted by Crippen LogP contribution is -2.28. The molecule has 1 aromatic carbocycles. The van der Waals surface area contributed by atoms with Crippen LogP contribution in [0.4, 0.5) is 22.2 Å². The number of rotatable bonds is 3. The molecule has 3 rings (SSSR count). The Morgan fingerprint density at radius 1 is 1.26 bits per heavy atom. The van der Waals surface area contributed by atoms with Crippen LogP contribution in [-0.2, 0) is 11.8 Å². The van der Waals surface area contributed by atoms with Crippen LogP contribution in [0.5, 0.6) is 0 Å². The Morgan fingerprint density at radius 3 is 2.67 bits per heavy atom. The third-order valence-corrected chi connectivity index (χ3v) is 4.00. The lowest BCUT2D eigenvalue weighted by Gasteiger charge is -2.19. The van der Waals surface area contributed by atoms with E-state index in [0.717, 1.165) is 16.7 Å². The first-order valence-corrected chi connectivity index (χ1v) is 8.70. The molecule has 0 aliphatic carbocycles. The molecule has 2 heterocycles. The Balaban J connectivity index is 1.89. The van der Waals surface area contributed by atoms with Crippen molar-refractivity contribution in [2.24, 2.45) is 7.05 Å². The third kappa shape index (κ3) is 4.28. The zero-order valence-electron chi connectivity index (χ0n) is 15.8. The van der Waals surface area contributed by atoms with Gasteiger partial charge in [-0.15, -0.1) is 0 Å². The van der Waals surface area contributed by atoms with E-state index in [9.17, 15) is 4.79 Å². The maximum atomic E-state index is 12.0. The summed E-state index contributed by atoms with van der Waals surface area (Å²) >= 11 is 5.87. The van der Waals surface area contributed by atoms with Crippen molar-refractivity contribution in [2.45, 2.75) is 26.4 Å². The average Bonchev–Trinajstić information content (AvgIpc) is 2.87. The zero-order chi connectivity index (χ0) is 19.8. The smallest absolute Gasteiger partial charge is 0.414 e. The minimum atomic E-state index is -0.580. The predicted molar refractivity (Wildman–Crippen MR) is 106 cm³/mol. The quantitative estimate of drug-likeness (QED) is 0.679. The molecule has 0 atom stereocenters. The lowest BCUT2D eigenvalue weighted by molar-refractivity contribution is 0.0634. The highest BCUT2D eigenvalue weighted by atomic mass is 35.5. The molecule has 0 fully saturated rings. The summed E-state index contributed by atoms with van der Waals surface area (Å²) < 4.78 is 7.08. The largest absolute Gasteiger partial charge is 0.444 e. The first kappa shape index (κ1) is 18.9. The standard InChI is InChI=1S/C18H21ClN6O2/c1-18(2,3)27-17(26)23-16-21-12-10-11(6-7-13(12)25(16)5)24(4)14-8-9-20-15(19)22-14/h6-10H,1-5H3,(H,21,23,26). The molecule has 1 N–H and O–H groups in total. The number of hydrogen-bond acceptors (Lipinski definition) is 6. The fraction of sp³-hybridized carbons (Fsp3) is 0.333. The number of nitrogens with zero attached hydrogens (tertiary/aromatic N) is 5. The average molecular weight is 389 g/mol. The normalized spacial score (nSPS) is 11.5. The molecule has 0 spiro atoms. The van der Waals surface area contributed by atoms with E-state index in [0.29, 0.717) is 11.8 Å². The number of fused-ring (bicyclic) bond motifs is 1. The number of aryl methyl sites for hydroxylation is 1. The van der Waals surface area contributed by atoms with Gasteiger partial charge in [0.15, 0.2) is 0 Å². The maximum absolute atomic E-state index is 12.0. The van der Waals surface area contributed by atoms with Gasteiger partial charge in [-0.25, -0.2) is 19.7 Å². The number of imidazole rings is 1. The van der Waals surface area contributed by atoms with Gasteiger partial charge in [0.1, 0.15) is 11.4 Å². The number of carbonyl (C=O) groups is 1. The Morgan fingerprint density at radius 2 is 2.00 bits per heavy atom. The van der Waals surface area contributed by atoms with Crippen molar-refractivity contribution in [3.05, 3.63) is 35.7 Å². The summed E-state index contributed by atoms with van der Waals surface area (Å²) in [6, 6.07) is 7.55. The highest BCUT2D eigenvalue weighted by molar-refractivity contribution is 6.28. The number of amides is 1. The molecule has 9 heteroatoms. The van der Waals surface area contributed by atoms with Crippen LogP contribution >= 0.6 is 11.6 Å². The van der Waals surface area contributed by atoms with Crippen LogP contribution in [0.2, 0.25) is 5.28 Å². The number of anilines is 3. The summed E-state index contributed by atoms with van der Waals surface area (Å²) in [6.45, 7) is 5.43. The minimum Gasteiger partial charge on any atom is -0.444 e. The van der Waals surface area contributed by atoms with E-state index in [1.54, 1.807) is 16.8 Å². The molecule has 0 saturated heterocycles. The second-order valence-electron chi connectivity index (χ2n) is 7.04. The topological polar surface area (TPSA) is 85.2 Å². The van der Waals surface area contributed by atoms with Crippen molar-refractivity contribution in [1.82, 2.24) is 19.5 Å². The van der Waals surface area contributed by atoms with Crippen LogP contribution < -0.4 is 10.2 Å². The second kappa shape index (κ2) is 7.03. The minimum absolute atomic E-state index is 0.183. The van der Waals surface area contributed by atoms with Crippen molar-refractivity contribution in [3.8, 4) is 0 Å². The van der Waals surface area contributed by atoms with E-state index >= 15 is 0 Å². The van der Waals surface area contributed by atoms with Gasteiger partial charge in [-0.05, 0) is 56.6 Å². The summed E-state index contributed by atoms with van der Waals surface area (Å²) in [7, 11) is 3.71. The fourth-order valence-corrected chi connectivity index (χ4v) is 2.69. The molecular weight excluding hydrogens is 368 g/mol. The molecule has 0 aliphatic rings. The molecule has 1 amide bonds. The van der Waals surface area contributed by atoms with Gasteiger partial charge in [0, 0.05) is 26.0 Å². The highest BCUT2D eigenvalue weighted by Gasteiger charge is 2.19. The van der Waals surface area contributed by atoms with Gasteiger partial charge < -0.3 is 14.2 Å². The van der Waals surface area contributed by atoms with Crippen molar-refractivity contribution >= 4 is 46.2 Å². The Bertz CT molecular complexity index is 995. The summed E-state index contributed by atoms with van der Waals surface area (Å²) in [4.78, 5) is 26.5. The molecule has 0 aliphatic heterocycles. The van der Waals surface area contributed by atoms with Crippen molar-refractivity contribution in [2.75, 3.05) is 17.3 Å². The third-order valence-electron chi connectivity index (χ3n) is 3.82. The predicted octanol–water partition coefficient (Wildman–Crippen LogP) is 4.13. The van der Waals surface area contributed by atoms with Gasteiger partial charge in [-0.1, -0.05) is 0 Å². The molecule has 27 heavy (non-hydrogen) atoms. The van der Waals surface area contributed by atoms with Crippen LogP contribution in [0.1, 0.15) is 20.8 Å². The first-order valence-electron chi connectivity index (χ1n) is 8.33. The summed E-state index contributed by atoms with van der Waals surface area (Å²) in [6.07, 6.45) is 1.05. The fourth-order valence-electron chi connectivity index (χ4n) is 2.55. The van der Waals surface area contributed by atoms with E-state index in [2.05, 4.69) is 20.3 Å². The number of ether oxygens (including phenoxy) is 1. The lowest BCUT2D eigenvalue weighted by atomic mass is 10.2. The summed E-state index contributed by atoms with van der Waals surface area (Å²) in [5, 5.41) is 2.87. The summed E-state index contributed by atoms with van der Waals surface area (Å²) in [5.41, 5.74) is 1.90. The van der Waals surface area contributed by atoms with Gasteiger partial charge >= 0.3 is 6.09 Å². The Kier molecular flexibility index (Phi) is 4.93. The molecule has 2 aromatic heterocycles. The summed E-state index contributed by atoms with van der Waals surface area (Å²) in [5.74, 6) is 1.07. The Hall–Kier alpha value is -2.87. The molecule has 0 radical (unpaired) electrons. The molecule has 0 saturated carbocycles. The van der Waals surface area contributed by atoms with Gasteiger partial charge in [-0.3, -0.25) is 5.32 Å². The number of halogens is 1. The molecule has 3 aromatic rings. The van der Waals surface area contributed by atoms with Crippen LogP contribution in [0.15, 0.2) is 30.5 Å². The van der Waals surface area contributed by atoms with Gasteiger partial charge in [-0.2, -0.15) is 0 Å². The molecule has 0 bridgehead atoms. The van der Waals surface area contributed by atoms with Gasteiger partial charge in [0.05, 0.1) is 11.0 Å². The molecular formula is C18H21ClN6O2. The molecule has 142 valence electrons. The SMILES string of the molecule is CN(c1ccc2c(c1)nc(NC(=O)OC(C)(C)C)n2C)c1ccnc(Cl)n1. The number of nitrogens with one attached hydrogen (secondary N) is 1. The van der Waals surface area contributed by atoms with Crippen LogP contribution in [0.25, 0.3) is 11.0 Å². The van der Waals surface area contributed by atoms with Gasteiger partial charge in [0.2, 0.25) is 11.2 Å². The van der Waals surface area contributed by atoms with Crippen LogP contribution in [0, 0.1) is 0 Å². The van der Waals surface area contributed by atoms with Crippen LogP contribution in [-0.4, -0.2) is 38.3 Å². The molecule has 0 unspecified atom stereocenters. The molecule has 8 nitrogen and oxygen atoms in total. The number of benzene rings is 1. The number of hydrogen-bond donors (Lipinski definition) is 1. The van der Waals surface area contributed by atoms with Crippen molar-refractivity contribution in [1.29, 1.82) is 0 Å². The van der Waals surface area contributed by atoms with Crippen LogP contribution in [0.3, 0.4) is 0 Å².